The molecule has 66 valence electrons. The second kappa shape index (κ2) is 3.93. The van der Waals surface area contributed by atoms with Gasteiger partial charge in [-0.15, -0.1) is 0 Å². The van der Waals surface area contributed by atoms with Crippen LogP contribution in [0.25, 0.3) is 0 Å². The number of rotatable bonds is 2. The monoisotopic (exact) mass is 206 g/mol. The zero-order valence-corrected chi connectivity index (χ0v) is 7.89. The van der Waals surface area contributed by atoms with Crippen molar-refractivity contribution in [2.75, 3.05) is 0 Å². The second-order valence-electron chi connectivity index (χ2n) is 2.21. The molecule has 1 unspecified atom stereocenters. The number of hydrogen-bond donors (Lipinski definition) is 1. The first-order valence-electron chi connectivity index (χ1n) is 3.15. The van der Waals surface area contributed by atoms with Gasteiger partial charge in [0.15, 0.2) is 11.1 Å². The highest BCUT2D eigenvalue weighted by molar-refractivity contribution is 7.78. The Morgan fingerprint density at radius 3 is 2.83 bits per heavy atom. The molecule has 0 fully saturated rings. The van der Waals surface area contributed by atoms with E-state index >= 15 is 0 Å². The molecule has 0 aliphatic heterocycles. The molecule has 1 aromatic rings. The summed E-state index contributed by atoms with van der Waals surface area (Å²) < 4.78 is 18.9. The SMILES string of the molecule is Cc1cc(Cl)nc(CS(=O)O)n1. The molecule has 4 nitrogen and oxygen atoms in total. The third-order valence-electron chi connectivity index (χ3n) is 1.12. The summed E-state index contributed by atoms with van der Waals surface area (Å²) in [7, 11) is 0. The summed E-state index contributed by atoms with van der Waals surface area (Å²) in [6.07, 6.45) is 0. The lowest BCUT2D eigenvalue weighted by atomic mass is 10.4. The Labute approximate surface area is 77.3 Å². The summed E-state index contributed by atoms with van der Waals surface area (Å²) in [5.41, 5.74) is 0.690. The molecule has 0 aliphatic rings. The van der Waals surface area contributed by atoms with Crippen molar-refractivity contribution in [3.05, 3.63) is 22.7 Å². The fourth-order valence-corrected chi connectivity index (χ4v) is 1.37. The largest absolute Gasteiger partial charge is 0.306 e. The predicted octanol–water partition coefficient (Wildman–Crippen LogP) is 1.16. The zero-order valence-electron chi connectivity index (χ0n) is 6.32. The van der Waals surface area contributed by atoms with Crippen molar-refractivity contribution in [1.29, 1.82) is 0 Å². The lowest BCUT2D eigenvalue weighted by molar-refractivity contribution is 0.562. The topological polar surface area (TPSA) is 63.1 Å². The minimum absolute atomic E-state index is 0.0819. The molecule has 0 radical (unpaired) electrons. The van der Waals surface area contributed by atoms with Crippen LogP contribution in [-0.2, 0) is 16.8 Å². The first-order valence-corrected chi connectivity index (χ1v) is 4.81. The Hall–Kier alpha value is -0.520. The first kappa shape index (κ1) is 9.57. The molecule has 0 saturated heterocycles. The van der Waals surface area contributed by atoms with Crippen LogP contribution in [0.5, 0.6) is 0 Å². The maximum absolute atomic E-state index is 10.4. The summed E-state index contributed by atoms with van der Waals surface area (Å²) in [5, 5.41) is 0.294. The zero-order chi connectivity index (χ0) is 9.14. The van der Waals surface area contributed by atoms with Crippen LogP contribution in [0.15, 0.2) is 6.07 Å². The van der Waals surface area contributed by atoms with Crippen LogP contribution in [-0.4, -0.2) is 18.7 Å². The minimum Gasteiger partial charge on any atom is -0.306 e. The quantitative estimate of drug-likeness (QED) is 0.583. The van der Waals surface area contributed by atoms with Gasteiger partial charge in [0.2, 0.25) is 0 Å². The molecule has 0 bridgehead atoms. The second-order valence-corrected chi connectivity index (χ2v) is 3.53. The van der Waals surface area contributed by atoms with Crippen molar-refractivity contribution in [3.8, 4) is 0 Å². The Bertz CT molecular complexity index is 298. The molecule has 0 saturated carbocycles. The van der Waals surface area contributed by atoms with E-state index in [0.717, 1.165) is 0 Å². The van der Waals surface area contributed by atoms with Gasteiger partial charge in [0.1, 0.15) is 16.7 Å². The summed E-state index contributed by atoms with van der Waals surface area (Å²) >= 11 is 3.69. The lowest BCUT2D eigenvalue weighted by Gasteiger charge is -1.98. The highest BCUT2D eigenvalue weighted by atomic mass is 35.5. The fourth-order valence-electron chi connectivity index (χ4n) is 0.764. The molecule has 1 heterocycles. The van der Waals surface area contributed by atoms with Crippen LogP contribution in [0.2, 0.25) is 5.15 Å². The highest BCUT2D eigenvalue weighted by Gasteiger charge is 2.03. The van der Waals surface area contributed by atoms with Gasteiger partial charge in [-0.2, -0.15) is 0 Å². The first-order chi connectivity index (χ1) is 5.58. The van der Waals surface area contributed by atoms with Crippen LogP contribution >= 0.6 is 11.6 Å². The minimum atomic E-state index is -1.92. The van der Waals surface area contributed by atoms with E-state index in [1.165, 1.54) is 0 Å². The van der Waals surface area contributed by atoms with Gasteiger partial charge in [-0.05, 0) is 13.0 Å². The third-order valence-corrected chi connectivity index (χ3v) is 1.82. The molecular weight excluding hydrogens is 200 g/mol. The van der Waals surface area contributed by atoms with Gasteiger partial charge in [-0.1, -0.05) is 11.6 Å². The number of halogens is 1. The van der Waals surface area contributed by atoms with E-state index in [9.17, 15) is 4.21 Å². The Balaban J connectivity index is 2.93. The molecule has 1 N–H and O–H groups in total. The molecule has 0 aromatic carbocycles. The van der Waals surface area contributed by atoms with Gasteiger partial charge in [0.25, 0.3) is 0 Å². The van der Waals surface area contributed by atoms with Gasteiger partial charge >= 0.3 is 0 Å². The van der Waals surface area contributed by atoms with Crippen molar-refractivity contribution < 1.29 is 8.76 Å². The van der Waals surface area contributed by atoms with E-state index in [0.29, 0.717) is 16.7 Å². The van der Waals surface area contributed by atoms with Gasteiger partial charge in [0.05, 0.1) is 0 Å². The molecule has 1 atom stereocenters. The molecule has 6 heteroatoms. The van der Waals surface area contributed by atoms with Crippen LogP contribution in [0.1, 0.15) is 11.5 Å². The summed E-state index contributed by atoms with van der Waals surface area (Å²) in [6, 6.07) is 1.59. The van der Waals surface area contributed by atoms with Gasteiger partial charge in [-0.25, -0.2) is 14.2 Å². The fraction of sp³-hybridized carbons (Fsp3) is 0.333. The van der Waals surface area contributed by atoms with Crippen molar-refractivity contribution in [2.45, 2.75) is 12.7 Å². The Morgan fingerprint density at radius 2 is 2.33 bits per heavy atom. The van der Waals surface area contributed by atoms with E-state index in [2.05, 4.69) is 9.97 Å². The van der Waals surface area contributed by atoms with Crippen molar-refractivity contribution >= 4 is 22.7 Å². The van der Waals surface area contributed by atoms with Crippen LogP contribution < -0.4 is 0 Å². The van der Waals surface area contributed by atoms with Crippen LogP contribution in [0.4, 0.5) is 0 Å². The highest BCUT2D eigenvalue weighted by Crippen LogP contribution is 2.07. The average Bonchev–Trinajstić information content (AvgIpc) is 1.81. The Morgan fingerprint density at radius 1 is 1.67 bits per heavy atom. The van der Waals surface area contributed by atoms with E-state index in [1.54, 1.807) is 13.0 Å². The van der Waals surface area contributed by atoms with Gasteiger partial charge in [0, 0.05) is 5.69 Å². The normalized spacial score (nSPS) is 12.9. The standard InChI is InChI=1S/C6H7ClN2O2S/c1-4-2-5(7)9-6(8-4)3-12(10)11/h2H,3H2,1H3,(H,10,11). The van der Waals surface area contributed by atoms with Crippen molar-refractivity contribution in [2.24, 2.45) is 0 Å². The van der Waals surface area contributed by atoms with E-state index in [1.807, 2.05) is 0 Å². The molecular formula is C6H7ClN2O2S. The molecule has 0 amide bonds. The molecule has 0 aliphatic carbocycles. The maximum atomic E-state index is 10.4. The molecule has 1 aromatic heterocycles. The van der Waals surface area contributed by atoms with Crippen molar-refractivity contribution in [3.63, 3.8) is 0 Å². The van der Waals surface area contributed by atoms with Crippen LogP contribution in [0, 0.1) is 6.92 Å². The van der Waals surface area contributed by atoms with E-state index < -0.39 is 11.1 Å². The maximum Gasteiger partial charge on any atom is 0.160 e. The molecule has 12 heavy (non-hydrogen) atoms. The number of nitrogens with zero attached hydrogens (tertiary/aromatic N) is 2. The third kappa shape index (κ3) is 2.84. The predicted molar refractivity (Wildman–Crippen MR) is 46.3 cm³/mol. The molecule has 0 spiro atoms. The van der Waals surface area contributed by atoms with Crippen molar-refractivity contribution in [1.82, 2.24) is 9.97 Å². The van der Waals surface area contributed by atoms with Gasteiger partial charge in [-0.3, -0.25) is 0 Å². The number of aromatic nitrogens is 2. The summed E-state index contributed by atoms with van der Waals surface area (Å²) in [6.45, 7) is 1.75. The Kier molecular flexibility index (Phi) is 3.13. The average molecular weight is 207 g/mol. The lowest BCUT2D eigenvalue weighted by Crippen LogP contribution is -2.01. The molecule has 1 rings (SSSR count). The number of aryl methyl sites for hydroxylation is 1. The smallest absolute Gasteiger partial charge is 0.160 e. The summed E-state index contributed by atoms with van der Waals surface area (Å²) in [5.74, 6) is 0.210. The van der Waals surface area contributed by atoms with Crippen LogP contribution in [0.3, 0.4) is 0 Å². The van der Waals surface area contributed by atoms with Gasteiger partial charge < -0.3 is 4.55 Å². The summed E-state index contributed by atoms with van der Waals surface area (Å²) in [4.78, 5) is 7.70. The van der Waals surface area contributed by atoms with E-state index in [-0.39, 0.29) is 5.75 Å². The number of hydrogen-bond acceptors (Lipinski definition) is 3. The van der Waals surface area contributed by atoms with E-state index in [4.69, 9.17) is 16.2 Å².